The van der Waals surface area contributed by atoms with Crippen LogP contribution in [0.4, 0.5) is 0 Å². The van der Waals surface area contributed by atoms with Crippen LogP contribution in [0.2, 0.25) is 0 Å². The van der Waals surface area contributed by atoms with Crippen LogP contribution in [-0.4, -0.2) is 19.0 Å². The molecule has 4 heteroatoms. The standard InChI is InChI=1S/C15H24N2O2/c1-11-6-7-13(19-11)10-17-14(18)15(2,3)12-5-4-8-16-9-12/h6-7,12,16H,4-5,8-10H2,1-3H3,(H,17,18). The Labute approximate surface area is 114 Å². The van der Waals surface area contributed by atoms with E-state index in [4.69, 9.17) is 4.42 Å². The molecule has 1 aliphatic heterocycles. The minimum atomic E-state index is -0.338. The fourth-order valence-corrected chi connectivity index (χ4v) is 2.63. The van der Waals surface area contributed by atoms with Crippen LogP contribution in [0, 0.1) is 18.3 Å². The van der Waals surface area contributed by atoms with Crippen LogP contribution in [0.15, 0.2) is 16.5 Å². The third-order valence-electron chi connectivity index (χ3n) is 4.12. The maximum atomic E-state index is 12.4. The smallest absolute Gasteiger partial charge is 0.226 e. The summed E-state index contributed by atoms with van der Waals surface area (Å²) < 4.78 is 5.46. The molecule has 2 N–H and O–H groups in total. The van der Waals surface area contributed by atoms with Gasteiger partial charge in [-0.2, -0.15) is 0 Å². The Morgan fingerprint density at radius 1 is 1.53 bits per heavy atom. The number of nitrogens with one attached hydrogen (secondary N) is 2. The average Bonchev–Trinajstić information content (AvgIpc) is 2.82. The third-order valence-corrected chi connectivity index (χ3v) is 4.12. The van der Waals surface area contributed by atoms with Crippen LogP contribution < -0.4 is 10.6 Å². The molecular weight excluding hydrogens is 240 g/mol. The first-order valence-electron chi connectivity index (χ1n) is 7.04. The van der Waals surface area contributed by atoms with E-state index in [2.05, 4.69) is 10.6 Å². The highest BCUT2D eigenvalue weighted by atomic mass is 16.3. The van der Waals surface area contributed by atoms with Gasteiger partial charge in [0.05, 0.1) is 6.54 Å². The number of carbonyl (C=O) groups is 1. The lowest BCUT2D eigenvalue weighted by Crippen LogP contribution is -2.47. The number of furan rings is 1. The van der Waals surface area contributed by atoms with Gasteiger partial charge in [0.25, 0.3) is 0 Å². The third kappa shape index (κ3) is 3.38. The second-order valence-electron chi connectivity index (χ2n) is 5.96. The average molecular weight is 264 g/mol. The predicted molar refractivity (Wildman–Crippen MR) is 74.7 cm³/mol. The van der Waals surface area contributed by atoms with Crippen molar-refractivity contribution in [2.45, 2.75) is 40.2 Å². The number of hydrogen-bond acceptors (Lipinski definition) is 3. The molecule has 1 aromatic heterocycles. The molecule has 1 fully saturated rings. The summed E-state index contributed by atoms with van der Waals surface area (Å²) in [4.78, 5) is 12.4. The van der Waals surface area contributed by atoms with E-state index in [9.17, 15) is 4.79 Å². The summed E-state index contributed by atoms with van der Waals surface area (Å²) in [7, 11) is 0. The molecule has 2 rings (SSSR count). The molecule has 0 aromatic carbocycles. The number of carbonyl (C=O) groups excluding carboxylic acids is 1. The van der Waals surface area contributed by atoms with Crippen LogP contribution in [0.1, 0.15) is 38.2 Å². The first-order valence-corrected chi connectivity index (χ1v) is 7.04. The molecule has 2 heterocycles. The molecule has 1 saturated heterocycles. The molecule has 0 bridgehead atoms. The highest BCUT2D eigenvalue weighted by Crippen LogP contribution is 2.32. The van der Waals surface area contributed by atoms with Crippen molar-refractivity contribution in [1.29, 1.82) is 0 Å². The van der Waals surface area contributed by atoms with Crippen LogP contribution in [0.3, 0.4) is 0 Å². The van der Waals surface area contributed by atoms with E-state index in [-0.39, 0.29) is 11.3 Å². The Morgan fingerprint density at radius 2 is 2.32 bits per heavy atom. The van der Waals surface area contributed by atoms with E-state index in [1.165, 1.54) is 0 Å². The molecule has 4 nitrogen and oxygen atoms in total. The van der Waals surface area contributed by atoms with Gasteiger partial charge >= 0.3 is 0 Å². The SMILES string of the molecule is Cc1ccc(CNC(=O)C(C)(C)C2CCCNC2)o1. The van der Waals surface area contributed by atoms with Crippen LogP contribution in [0.25, 0.3) is 0 Å². The van der Waals surface area contributed by atoms with Crippen molar-refractivity contribution in [2.75, 3.05) is 13.1 Å². The zero-order chi connectivity index (χ0) is 13.9. The largest absolute Gasteiger partial charge is 0.465 e. The van der Waals surface area contributed by atoms with E-state index < -0.39 is 0 Å². The number of aryl methyl sites for hydroxylation is 1. The number of rotatable bonds is 4. The molecule has 1 aromatic rings. The van der Waals surface area contributed by atoms with Gasteiger partial charge in [0, 0.05) is 5.41 Å². The molecule has 1 unspecified atom stereocenters. The Hall–Kier alpha value is -1.29. The summed E-state index contributed by atoms with van der Waals surface area (Å²) in [5, 5.41) is 6.36. The lowest BCUT2D eigenvalue weighted by atomic mass is 9.74. The van der Waals surface area contributed by atoms with Crippen LogP contribution in [-0.2, 0) is 11.3 Å². The van der Waals surface area contributed by atoms with E-state index in [1.807, 2.05) is 32.9 Å². The molecule has 1 atom stereocenters. The molecule has 1 aliphatic rings. The van der Waals surface area contributed by atoms with Crippen LogP contribution in [0.5, 0.6) is 0 Å². The van der Waals surface area contributed by atoms with Gasteiger partial charge in [-0.1, -0.05) is 13.8 Å². The number of piperidine rings is 1. The van der Waals surface area contributed by atoms with Crippen molar-refractivity contribution in [2.24, 2.45) is 11.3 Å². The summed E-state index contributed by atoms with van der Waals surface area (Å²) in [6, 6.07) is 3.82. The summed E-state index contributed by atoms with van der Waals surface area (Å²) in [6.45, 7) is 8.44. The maximum Gasteiger partial charge on any atom is 0.226 e. The Kier molecular flexibility index (Phi) is 4.30. The molecule has 0 radical (unpaired) electrons. The van der Waals surface area contributed by atoms with E-state index in [0.717, 1.165) is 37.5 Å². The predicted octanol–water partition coefficient (Wildman–Crippen LogP) is 2.23. The Balaban J connectivity index is 1.90. The minimum Gasteiger partial charge on any atom is -0.465 e. The van der Waals surface area contributed by atoms with E-state index in [1.54, 1.807) is 0 Å². The summed E-state index contributed by atoms with van der Waals surface area (Å²) in [5.41, 5.74) is -0.338. The molecule has 0 aliphatic carbocycles. The van der Waals surface area contributed by atoms with Gasteiger partial charge in [0.1, 0.15) is 11.5 Å². The fourth-order valence-electron chi connectivity index (χ4n) is 2.63. The van der Waals surface area contributed by atoms with Gasteiger partial charge in [-0.05, 0) is 50.9 Å². The molecule has 0 saturated carbocycles. The fraction of sp³-hybridized carbons (Fsp3) is 0.667. The Bertz CT molecular complexity index is 431. The molecular formula is C15H24N2O2. The summed E-state index contributed by atoms with van der Waals surface area (Å²) in [6.07, 6.45) is 2.27. The van der Waals surface area contributed by atoms with E-state index in [0.29, 0.717) is 12.5 Å². The quantitative estimate of drug-likeness (QED) is 0.877. The molecule has 0 spiro atoms. The van der Waals surface area contributed by atoms with Gasteiger partial charge in [-0.15, -0.1) is 0 Å². The molecule has 19 heavy (non-hydrogen) atoms. The van der Waals surface area contributed by atoms with Crippen molar-refractivity contribution in [3.63, 3.8) is 0 Å². The lowest BCUT2D eigenvalue weighted by Gasteiger charge is -2.35. The second kappa shape index (κ2) is 5.78. The number of amides is 1. The molecule has 1 amide bonds. The lowest BCUT2D eigenvalue weighted by molar-refractivity contribution is -0.132. The van der Waals surface area contributed by atoms with E-state index >= 15 is 0 Å². The topological polar surface area (TPSA) is 54.3 Å². The minimum absolute atomic E-state index is 0.107. The first-order chi connectivity index (χ1) is 9.00. The van der Waals surface area contributed by atoms with Gasteiger partial charge < -0.3 is 15.1 Å². The normalized spacial score (nSPS) is 20.3. The second-order valence-corrected chi connectivity index (χ2v) is 5.96. The van der Waals surface area contributed by atoms with Crippen LogP contribution >= 0.6 is 0 Å². The first kappa shape index (κ1) is 14.1. The van der Waals surface area contributed by atoms with Gasteiger partial charge in [0.15, 0.2) is 0 Å². The highest BCUT2D eigenvalue weighted by molar-refractivity contribution is 5.82. The molecule has 106 valence electrons. The van der Waals surface area contributed by atoms with Gasteiger partial charge in [-0.3, -0.25) is 4.79 Å². The van der Waals surface area contributed by atoms with Crippen molar-refractivity contribution < 1.29 is 9.21 Å². The van der Waals surface area contributed by atoms with Crippen molar-refractivity contribution in [3.05, 3.63) is 23.7 Å². The monoisotopic (exact) mass is 264 g/mol. The van der Waals surface area contributed by atoms with Gasteiger partial charge in [-0.25, -0.2) is 0 Å². The van der Waals surface area contributed by atoms with Crippen molar-refractivity contribution in [1.82, 2.24) is 10.6 Å². The highest BCUT2D eigenvalue weighted by Gasteiger charge is 2.37. The zero-order valence-corrected chi connectivity index (χ0v) is 12.1. The van der Waals surface area contributed by atoms with Gasteiger partial charge in [0.2, 0.25) is 5.91 Å². The summed E-state index contributed by atoms with van der Waals surface area (Å²) in [5.74, 6) is 2.19. The van der Waals surface area contributed by atoms with Crippen molar-refractivity contribution in [3.8, 4) is 0 Å². The Morgan fingerprint density at radius 3 is 2.89 bits per heavy atom. The zero-order valence-electron chi connectivity index (χ0n) is 12.1. The maximum absolute atomic E-state index is 12.4. The summed E-state index contributed by atoms with van der Waals surface area (Å²) >= 11 is 0. The number of hydrogen-bond donors (Lipinski definition) is 2. The van der Waals surface area contributed by atoms with Crippen molar-refractivity contribution >= 4 is 5.91 Å².